The molecule has 0 aromatic rings. The van der Waals surface area contributed by atoms with Crippen LogP contribution >= 0.6 is 24.0 Å². The summed E-state index contributed by atoms with van der Waals surface area (Å²) in [4.78, 5) is 4.66. The molecule has 0 amide bonds. The first-order valence-corrected chi connectivity index (χ1v) is 6.49. The van der Waals surface area contributed by atoms with Crippen molar-refractivity contribution in [2.75, 3.05) is 26.3 Å². The van der Waals surface area contributed by atoms with Gasteiger partial charge in [0.25, 0.3) is 0 Å². The Labute approximate surface area is 127 Å². The van der Waals surface area contributed by atoms with E-state index in [9.17, 15) is 0 Å². The van der Waals surface area contributed by atoms with Gasteiger partial charge in [0.15, 0.2) is 5.96 Å². The van der Waals surface area contributed by atoms with Gasteiger partial charge in [0.2, 0.25) is 0 Å². The highest BCUT2D eigenvalue weighted by molar-refractivity contribution is 14.0. The van der Waals surface area contributed by atoms with E-state index >= 15 is 0 Å². The molecule has 0 saturated carbocycles. The van der Waals surface area contributed by atoms with Crippen molar-refractivity contribution in [3.63, 3.8) is 0 Å². The highest BCUT2D eigenvalue weighted by Gasteiger charge is 2.33. The fourth-order valence-electron chi connectivity index (χ4n) is 2.06. The van der Waals surface area contributed by atoms with E-state index in [1.165, 1.54) is 0 Å². The minimum atomic E-state index is 0. The normalized spacial score (nSPS) is 22.2. The van der Waals surface area contributed by atoms with E-state index in [-0.39, 0.29) is 29.4 Å². The molecular formula is C13H24IN3O. The molecule has 0 spiro atoms. The average molecular weight is 365 g/mol. The van der Waals surface area contributed by atoms with Gasteiger partial charge in [-0.2, -0.15) is 0 Å². The largest absolute Gasteiger partial charge is 0.380 e. The van der Waals surface area contributed by atoms with Crippen LogP contribution in [-0.2, 0) is 4.74 Å². The van der Waals surface area contributed by atoms with Gasteiger partial charge in [-0.3, -0.25) is 4.99 Å². The first-order chi connectivity index (χ1) is 8.22. The molecule has 2 rings (SSSR count). The minimum Gasteiger partial charge on any atom is -0.380 e. The van der Waals surface area contributed by atoms with Gasteiger partial charge in [-0.15, -0.1) is 24.0 Å². The maximum atomic E-state index is 5.24. The molecule has 18 heavy (non-hydrogen) atoms. The summed E-state index contributed by atoms with van der Waals surface area (Å²) in [5.74, 6) is 0.939. The van der Waals surface area contributed by atoms with Gasteiger partial charge in [-0.05, 0) is 19.8 Å². The van der Waals surface area contributed by atoms with Gasteiger partial charge in [0.1, 0.15) is 0 Å². The van der Waals surface area contributed by atoms with Gasteiger partial charge < -0.3 is 15.4 Å². The molecule has 0 aromatic carbocycles. The molecule has 1 heterocycles. The van der Waals surface area contributed by atoms with Crippen LogP contribution < -0.4 is 10.6 Å². The molecule has 1 saturated heterocycles. The second-order valence-corrected chi connectivity index (χ2v) is 5.28. The van der Waals surface area contributed by atoms with Crippen LogP contribution in [0, 0.1) is 5.41 Å². The molecule has 0 aromatic heterocycles. The van der Waals surface area contributed by atoms with Gasteiger partial charge in [0.05, 0.1) is 19.8 Å². The van der Waals surface area contributed by atoms with E-state index in [1.54, 1.807) is 0 Å². The number of guanidine groups is 1. The van der Waals surface area contributed by atoms with Gasteiger partial charge >= 0.3 is 0 Å². The monoisotopic (exact) mass is 365 g/mol. The summed E-state index contributed by atoms with van der Waals surface area (Å²) in [5.41, 5.74) is 0.246. The molecule has 1 aliphatic carbocycles. The van der Waals surface area contributed by atoms with Crippen LogP contribution in [0.4, 0.5) is 0 Å². The maximum Gasteiger partial charge on any atom is 0.191 e. The van der Waals surface area contributed by atoms with Crippen molar-refractivity contribution in [2.24, 2.45) is 10.4 Å². The van der Waals surface area contributed by atoms with Crippen molar-refractivity contribution >= 4 is 29.9 Å². The molecule has 0 bridgehead atoms. The quantitative estimate of drug-likeness (QED) is 0.346. The summed E-state index contributed by atoms with van der Waals surface area (Å²) in [7, 11) is 0. The molecule has 0 radical (unpaired) electrons. The van der Waals surface area contributed by atoms with Crippen molar-refractivity contribution < 1.29 is 4.74 Å². The second kappa shape index (κ2) is 7.33. The van der Waals surface area contributed by atoms with Crippen LogP contribution in [0.15, 0.2) is 17.1 Å². The Balaban J connectivity index is 0.00000162. The molecule has 1 fully saturated rings. The van der Waals surface area contributed by atoms with Crippen LogP contribution in [0.2, 0.25) is 0 Å². The standard InChI is InChI=1S/C13H23N3O.HI/c1-3-14-12(16-11-6-4-5-7-11)15-8-13(2)9-17-10-13;/h4-5,11H,3,6-10H2,1-2H3,(H2,14,15,16);1H. The Morgan fingerprint density at radius 2 is 2.06 bits per heavy atom. The fourth-order valence-corrected chi connectivity index (χ4v) is 2.06. The Morgan fingerprint density at radius 1 is 1.39 bits per heavy atom. The van der Waals surface area contributed by atoms with E-state index in [0.29, 0.717) is 6.04 Å². The van der Waals surface area contributed by atoms with E-state index in [0.717, 1.165) is 45.1 Å². The van der Waals surface area contributed by atoms with E-state index in [2.05, 4.69) is 41.6 Å². The van der Waals surface area contributed by atoms with Crippen LogP contribution in [-0.4, -0.2) is 38.3 Å². The number of nitrogens with one attached hydrogen (secondary N) is 2. The predicted octanol–water partition coefficient (Wildman–Crippen LogP) is 1.91. The molecule has 2 aliphatic rings. The lowest BCUT2D eigenvalue weighted by Gasteiger charge is -2.36. The highest BCUT2D eigenvalue weighted by atomic mass is 127. The zero-order chi connectivity index (χ0) is 12.1. The number of halogens is 1. The zero-order valence-electron chi connectivity index (χ0n) is 11.2. The molecule has 4 nitrogen and oxygen atoms in total. The summed E-state index contributed by atoms with van der Waals surface area (Å²) in [6, 6.07) is 0.512. The molecule has 0 atom stereocenters. The van der Waals surface area contributed by atoms with Crippen molar-refractivity contribution in [3.05, 3.63) is 12.2 Å². The Hall–Kier alpha value is -0.300. The van der Waals surface area contributed by atoms with Gasteiger partial charge in [0, 0.05) is 18.0 Å². The minimum absolute atomic E-state index is 0. The van der Waals surface area contributed by atoms with Gasteiger partial charge in [-0.25, -0.2) is 0 Å². The number of hydrogen-bond donors (Lipinski definition) is 2. The molecule has 1 aliphatic heterocycles. The van der Waals surface area contributed by atoms with Crippen LogP contribution in [0.5, 0.6) is 0 Å². The first kappa shape index (κ1) is 15.8. The predicted molar refractivity (Wildman–Crippen MR) is 85.6 cm³/mol. The third-order valence-electron chi connectivity index (χ3n) is 3.21. The third kappa shape index (κ3) is 4.42. The SMILES string of the molecule is CCNC(=NCC1(C)COC1)NC1CC=CC1.I. The summed E-state index contributed by atoms with van der Waals surface area (Å²) < 4.78 is 5.24. The van der Waals surface area contributed by atoms with Gasteiger partial charge in [-0.1, -0.05) is 19.1 Å². The summed E-state index contributed by atoms with van der Waals surface area (Å²) >= 11 is 0. The van der Waals surface area contributed by atoms with Crippen molar-refractivity contribution in [3.8, 4) is 0 Å². The van der Waals surface area contributed by atoms with Crippen molar-refractivity contribution in [1.82, 2.24) is 10.6 Å². The van der Waals surface area contributed by atoms with Crippen molar-refractivity contribution in [2.45, 2.75) is 32.7 Å². The summed E-state index contributed by atoms with van der Waals surface area (Å²) in [5, 5.41) is 6.77. The lowest BCUT2D eigenvalue weighted by atomic mass is 9.89. The lowest BCUT2D eigenvalue weighted by Crippen LogP contribution is -2.46. The first-order valence-electron chi connectivity index (χ1n) is 6.49. The molecule has 2 N–H and O–H groups in total. The van der Waals surface area contributed by atoms with Crippen LogP contribution in [0.1, 0.15) is 26.7 Å². The molecule has 104 valence electrons. The maximum absolute atomic E-state index is 5.24. The Kier molecular flexibility index (Phi) is 6.42. The summed E-state index contributed by atoms with van der Waals surface area (Å²) in [6.45, 7) is 7.72. The third-order valence-corrected chi connectivity index (χ3v) is 3.21. The summed E-state index contributed by atoms with van der Waals surface area (Å²) in [6.07, 6.45) is 6.65. The molecule has 0 unspecified atom stereocenters. The number of aliphatic imine (C=N–C) groups is 1. The topological polar surface area (TPSA) is 45.7 Å². The average Bonchev–Trinajstić information content (AvgIpc) is 2.76. The smallest absolute Gasteiger partial charge is 0.191 e. The lowest BCUT2D eigenvalue weighted by molar-refractivity contribution is -0.0945. The van der Waals surface area contributed by atoms with Crippen molar-refractivity contribution in [1.29, 1.82) is 0 Å². The fraction of sp³-hybridized carbons (Fsp3) is 0.769. The zero-order valence-corrected chi connectivity index (χ0v) is 13.6. The Morgan fingerprint density at radius 3 is 2.56 bits per heavy atom. The highest BCUT2D eigenvalue weighted by Crippen LogP contribution is 2.26. The number of hydrogen-bond acceptors (Lipinski definition) is 2. The molecule has 5 heteroatoms. The number of ether oxygens (including phenoxy) is 1. The van der Waals surface area contributed by atoms with Crippen LogP contribution in [0.3, 0.4) is 0 Å². The van der Waals surface area contributed by atoms with E-state index < -0.39 is 0 Å². The Bertz CT molecular complexity index is 305. The molecular weight excluding hydrogens is 341 g/mol. The van der Waals surface area contributed by atoms with Crippen LogP contribution in [0.25, 0.3) is 0 Å². The van der Waals surface area contributed by atoms with E-state index in [1.807, 2.05) is 0 Å². The number of rotatable bonds is 4. The number of nitrogens with zero attached hydrogens (tertiary/aromatic N) is 1. The van der Waals surface area contributed by atoms with E-state index in [4.69, 9.17) is 4.74 Å². The second-order valence-electron chi connectivity index (χ2n) is 5.28.